The number of rotatable bonds is 3. The van der Waals surface area contributed by atoms with Gasteiger partial charge < -0.3 is 4.52 Å². The van der Waals surface area contributed by atoms with Gasteiger partial charge in [-0.15, -0.1) is 0 Å². The van der Waals surface area contributed by atoms with Gasteiger partial charge in [0.15, 0.2) is 15.7 Å². The zero-order valence-electron chi connectivity index (χ0n) is 10.1. The van der Waals surface area contributed by atoms with Crippen molar-refractivity contribution in [2.75, 3.05) is 0 Å². The molecule has 2 rings (SSSR count). The van der Waals surface area contributed by atoms with E-state index in [0.29, 0.717) is 5.82 Å². The summed E-state index contributed by atoms with van der Waals surface area (Å²) in [6, 6.07) is 3.21. The van der Waals surface area contributed by atoms with Crippen LogP contribution >= 0.6 is 11.6 Å². The molecular weight excluding hydrogens is 295 g/mol. The largest absolute Gasteiger partial charge is 0.338 e. The van der Waals surface area contributed by atoms with Crippen LogP contribution in [0.1, 0.15) is 23.9 Å². The Labute approximate surface area is 114 Å². The number of hydrogen-bond acceptors (Lipinski definition) is 5. The standard InChI is InChI=1S/C11H10ClFN2O3S/c1-6(11-14-7(2)15-18-11)19(16,17)8-3-4-10(13)9(12)5-8/h3-6H,1-2H3/t6-/m1/s1. The normalized spacial score (nSPS) is 13.5. The fraction of sp³-hybridized carbons (Fsp3) is 0.273. The van der Waals surface area contributed by atoms with E-state index in [-0.39, 0.29) is 15.8 Å². The first-order valence-corrected chi connectivity index (χ1v) is 7.24. The molecule has 0 bridgehead atoms. The minimum absolute atomic E-state index is 0.0158. The first kappa shape index (κ1) is 14.0. The molecular formula is C11H10ClFN2O3S. The van der Waals surface area contributed by atoms with E-state index >= 15 is 0 Å². The highest BCUT2D eigenvalue weighted by Crippen LogP contribution is 2.29. The van der Waals surface area contributed by atoms with E-state index in [4.69, 9.17) is 16.1 Å². The van der Waals surface area contributed by atoms with Crippen molar-refractivity contribution >= 4 is 21.4 Å². The summed E-state index contributed by atoms with van der Waals surface area (Å²) in [5, 5.41) is 2.25. The Bertz CT molecular complexity index is 714. The molecule has 0 saturated carbocycles. The number of halogens is 2. The molecule has 0 N–H and O–H groups in total. The van der Waals surface area contributed by atoms with Crippen LogP contribution in [0.4, 0.5) is 4.39 Å². The van der Waals surface area contributed by atoms with Gasteiger partial charge in [-0.2, -0.15) is 4.98 Å². The van der Waals surface area contributed by atoms with E-state index in [0.717, 1.165) is 18.2 Å². The second-order valence-electron chi connectivity index (χ2n) is 3.94. The predicted molar refractivity (Wildman–Crippen MR) is 66.0 cm³/mol. The number of nitrogens with zero attached hydrogens (tertiary/aromatic N) is 2. The van der Waals surface area contributed by atoms with Crippen LogP contribution in [0.15, 0.2) is 27.6 Å². The van der Waals surface area contributed by atoms with Crippen molar-refractivity contribution in [3.63, 3.8) is 0 Å². The van der Waals surface area contributed by atoms with Gasteiger partial charge in [0.1, 0.15) is 11.1 Å². The molecule has 0 fully saturated rings. The maximum Gasteiger partial charge on any atom is 0.245 e. The van der Waals surface area contributed by atoms with E-state index in [1.54, 1.807) is 6.92 Å². The molecule has 0 unspecified atom stereocenters. The van der Waals surface area contributed by atoms with E-state index in [1.807, 2.05) is 0 Å². The molecule has 19 heavy (non-hydrogen) atoms. The van der Waals surface area contributed by atoms with Crippen molar-refractivity contribution in [1.29, 1.82) is 0 Å². The Kier molecular flexibility index (Phi) is 3.60. The zero-order chi connectivity index (χ0) is 14.2. The monoisotopic (exact) mass is 304 g/mol. The van der Waals surface area contributed by atoms with E-state index in [2.05, 4.69) is 10.1 Å². The summed E-state index contributed by atoms with van der Waals surface area (Å²) in [6.45, 7) is 3.00. The average molecular weight is 305 g/mol. The van der Waals surface area contributed by atoms with Gasteiger partial charge in [-0.05, 0) is 32.0 Å². The van der Waals surface area contributed by atoms with Gasteiger partial charge in [0.25, 0.3) is 0 Å². The third-order valence-corrected chi connectivity index (χ3v) is 4.91. The van der Waals surface area contributed by atoms with Crippen LogP contribution in [0.25, 0.3) is 0 Å². The van der Waals surface area contributed by atoms with Gasteiger partial charge in [0.05, 0.1) is 9.92 Å². The Morgan fingerprint density at radius 2 is 2.11 bits per heavy atom. The first-order chi connectivity index (χ1) is 8.82. The molecule has 1 aromatic carbocycles. The van der Waals surface area contributed by atoms with Crippen molar-refractivity contribution in [1.82, 2.24) is 10.1 Å². The van der Waals surface area contributed by atoms with Crippen LogP contribution in [0.3, 0.4) is 0 Å². The Morgan fingerprint density at radius 1 is 1.42 bits per heavy atom. The maximum atomic E-state index is 13.0. The van der Waals surface area contributed by atoms with Crippen molar-refractivity contribution in [3.8, 4) is 0 Å². The van der Waals surface area contributed by atoms with Crippen molar-refractivity contribution < 1.29 is 17.3 Å². The summed E-state index contributed by atoms with van der Waals surface area (Å²) in [4.78, 5) is 3.78. The summed E-state index contributed by atoms with van der Waals surface area (Å²) in [5.74, 6) is -0.353. The van der Waals surface area contributed by atoms with Crippen molar-refractivity contribution in [2.45, 2.75) is 24.0 Å². The number of aryl methyl sites for hydroxylation is 1. The summed E-state index contributed by atoms with van der Waals surface area (Å²) < 4.78 is 42.5. The Morgan fingerprint density at radius 3 is 2.63 bits per heavy atom. The fourth-order valence-electron chi connectivity index (χ4n) is 1.47. The third kappa shape index (κ3) is 2.62. The third-order valence-electron chi connectivity index (χ3n) is 2.58. The highest BCUT2D eigenvalue weighted by atomic mass is 35.5. The van der Waals surface area contributed by atoms with Crippen LogP contribution in [0, 0.1) is 12.7 Å². The van der Waals surface area contributed by atoms with Crippen LogP contribution < -0.4 is 0 Å². The molecule has 8 heteroatoms. The van der Waals surface area contributed by atoms with Crippen LogP contribution in [-0.2, 0) is 9.84 Å². The molecule has 1 heterocycles. The average Bonchev–Trinajstić information content (AvgIpc) is 2.78. The summed E-state index contributed by atoms with van der Waals surface area (Å²) in [7, 11) is -3.77. The zero-order valence-corrected chi connectivity index (χ0v) is 11.7. The number of aromatic nitrogens is 2. The lowest BCUT2D eigenvalue weighted by molar-refractivity contribution is 0.373. The van der Waals surface area contributed by atoms with Gasteiger partial charge in [-0.3, -0.25) is 0 Å². The Balaban J connectivity index is 2.44. The minimum Gasteiger partial charge on any atom is -0.338 e. The summed E-state index contributed by atoms with van der Waals surface area (Å²) in [5.41, 5.74) is 0. The lowest BCUT2D eigenvalue weighted by Gasteiger charge is -2.09. The molecule has 1 aromatic heterocycles. The highest BCUT2D eigenvalue weighted by Gasteiger charge is 2.30. The lowest BCUT2D eigenvalue weighted by atomic mass is 10.3. The maximum absolute atomic E-state index is 13.0. The minimum atomic E-state index is -3.77. The molecule has 0 saturated heterocycles. The molecule has 0 aliphatic heterocycles. The van der Waals surface area contributed by atoms with Crippen LogP contribution in [0.5, 0.6) is 0 Å². The highest BCUT2D eigenvalue weighted by molar-refractivity contribution is 7.91. The lowest BCUT2D eigenvalue weighted by Crippen LogP contribution is -2.11. The predicted octanol–water partition coefficient (Wildman–Crippen LogP) is 2.71. The van der Waals surface area contributed by atoms with E-state index < -0.39 is 20.9 Å². The number of hydrogen-bond donors (Lipinski definition) is 0. The van der Waals surface area contributed by atoms with Gasteiger partial charge in [0.2, 0.25) is 5.89 Å². The van der Waals surface area contributed by atoms with Gasteiger partial charge in [-0.1, -0.05) is 16.8 Å². The molecule has 0 aliphatic carbocycles. The summed E-state index contributed by atoms with van der Waals surface area (Å²) in [6.07, 6.45) is 0. The second kappa shape index (κ2) is 4.90. The molecule has 5 nitrogen and oxygen atoms in total. The molecule has 0 amide bonds. The quantitative estimate of drug-likeness (QED) is 0.815. The number of benzene rings is 1. The van der Waals surface area contributed by atoms with Gasteiger partial charge >= 0.3 is 0 Å². The Hall–Kier alpha value is -1.47. The van der Waals surface area contributed by atoms with Gasteiger partial charge in [-0.25, -0.2) is 12.8 Å². The van der Waals surface area contributed by atoms with E-state index in [1.165, 1.54) is 6.92 Å². The molecule has 1 atom stereocenters. The first-order valence-electron chi connectivity index (χ1n) is 5.31. The van der Waals surface area contributed by atoms with Gasteiger partial charge in [0, 0.05) is 0 Å². The molecule has 0 radical (unpaired) electrons. The molecule has 2 aromatic rings. The smallest absolute Gasteiger partial charge is 0.245 e. The van der Waals surface area contributed by atoms with Crippen molar-refractivity contribution in [3.05, 3.63) is 40.8 Å². The SMILES string of the molecule is Cc1noc([C@@H](C)S(=O)(=O)c2ccc(F)c(Cl)c2)n1. The molecule has 0 aliphatic rings. The van der Waals surface area contributed by atoms with Crippen LogP contribution in [0.2, 0.25) is 5.02 Å². The molecule has 0 spiro atoms. The number of sulfone groups is 1. The second-order valence-corrected chi connectivity index (χ2v) is 6.62. The summed E-state index contributed by atoms with van der Waals surface area (Å²) >= 11 is 5.58. The van der Waals surface area contributed by atoms with Crippen molar-refractivity contribution in [2.24, 2.45) is 0 Å². The fourth-order valence-corrected chi connectivity index (χ4v) is 3.02. The topological polar surface area (TPSA) is 73.1 Å². The molecule has 102 valence electrons. The van der Waals surface area contributed by atoms with Crippen LogP contribution in [-0.4, -0.2) is 18.6 Å². The van der Waals surface area contributed by atoms with E-state index in [9.17, 15) is 12.8 Å².